The molecule has 1 saturated carbocycles. The summed E-state index contributed by atoms with van der Waals surface area (Å²) in [5.74, 6) is 1.74. The summed E-state index contributed by atoms with van der Waals surface area (Å²) in [6.07, 6.45) is 3.97. The molecule has 3 aromatic rings. The average Bonchev–Trinajstić information content (AvgIpc) is 3.49. The molecule has 1 saturated heterocycles. The van der Waals surface area contributed by atoms with Crippen LogP contribution >= 0.6 is 0 Å². The fraction of sp³-hybridized carbons (Fsp3) is 0.429. The maximum Gasteiger partial charge on any atom is 0.274 e. The number of benzene rings is 2. The number of aromatic nitrogens is 1. The van der Waals surface area contributed by atoms with Crippen LogP contribution in [0.3, 0.4) is 0 Å². The van der Waals surface area contributed by atoms with Gasteiger partial charge in [-0.3, -0.25) is 9.59 Å². The van der Waals surface area contributed by atoms with E-state index in [0.717, 1.165) is 49.1 Å². The lowest BCUT2D eigenvalue weighted by atomic mass is 9.91. The number of carbonyl (C=O) groups is 2. The second kappa shape index (κ2) is 12.2. The van der Waals surface area contributed by atoms with Crippen LogP contribution in [0.2, 0.25) is 0 Å². The number of carbonyl (C=O) groups excluding carboxylic acids is 2. The number of hydrogen-bond donors (Lipinski definition) is 3. The predicted octanol–water partition coefficient (Wildman–Crippen LogP) is 4.20. The molecule has 3 atom stereocenters. The number of amides is 2. The summed E-state index contributed by atoms with van der Waals surface area (Å²) in [5.41, 5.74) is 6.57. The van der Waals surface area contributed by atoms with Gasteiger partial charge in [-0.1, -0.05) is 31.2 Å². The summed E-state index contributed by atoms with van der Waals surface area (Å²) in [4.78, 5) is 32.6. The van der Waals surface area contributed by atoms with Crippen LogP contribution in [0.1, 0.15) is 48.2 Å². The van der Waals surface area contributed by atoms with Crippen molar-refractivity contribution in [2.24, 2.45) is 11.8 Å². The second-order valence-corrected chi connectivity index (χ2v) is 9.58. The zero-order valence-electron chi connectivity index (χ0n) is 21.2. The van der Waals surface area contributed by atoms with Crippen LogP contribution in [-0.2, 0) is 14.4 Å². The maximum atomic E-state index is 12.8. The maximum absolute atomic E-state index is 12.8. The number of fused-ring (bicyclic) bond motifs is 1. The molecule has 0 radical (unpaired) electrons. The summed E-state index contributed by atoms with van der Waals surface area (Å²) in [7, 11) is 3.35. The standard InChI is InChI=1S/C21H22N2O2.C7H14N2O2/c1-23(18-5-3-2-4-6-18)21(24)20-14-17-13-16(7-8-19(17)22-20)15-9-11-25-12-10-15;1-5-3-6(5)7(8-4-10)9-11-2/h2-8,13-15,22H,9-12H2,1H3;4-7,9H,3H2,1-2H3,(H,8,10). The fourth-order valence-electron chi connectivity index (χ4n) is 4.76. The lowest BCUT2D eigenvalue weighted by Crippen LogP contribution is -2.43. The van der Waals surface area contributed by atoms with Crippen LogP contribution in [0.25, 0.3) is 10.9 Å². The van der Waals surface area contributed by atoms with Crippen molar-refractivity contribution >= 4 is 28.9 Å². The molecule has 8 nitrogen and oxygen atoms in total. The summed E-state index contributed by atoms with van der Waals surface area (Å²) in [5, 5.41) is 3.75. The number of anilines is 1. The molecule has 2 aromatic carbocycles. The highest BCUT2D eigenvalue weighted by Crippen LogP contribution is 2.39. The van der Waals surface area contributed by atoms with E-state index in [9.17, 15) is 9.59 Å². The molecule has 2 heterocycles. The van der Waals surface area contributed by atoms with E-state index in [1.54, 1.807) is 19.1 Å². The molecular formula is C28H36N4O4. The van der Waals surface area contributed by atoms with E-state index in [4.69, 9.17) is 9.57 Å². The normalized spacial score (nSPS) is 20.2. The Morgan fingerprint density at radius 3 is 2.53 bits per heavy atom. The molecule has 0 spiro atoms. The van der Waals surface area contributed by atoms with Gasteiger partial charge in [-0.15, -0.1) is 0 Å². The summed E-state index contributed by atoms with van der Waals surface area (Å²) in [6.45, 7) is 3.82. The van der Waals surface area contributed by atoms with Crippen LogP contribution in [0.15, 0.2) is 54.6 Å². The number of hydroxylamine groups is 1. The number of hydrogen-bond acceptors (Lipinski definition) is 5. The van der Waals surface area contributed by atoms with Gasteiger partial charge in [0.25, 0.3) is 5.91 Å². The van der Waals surface area contributed by atoms with E-state index in [1.165, 1.54) is 5.56 Å². The van der Waals surface area contributed by atoms with E-state index in [2.05, 4.69) is 40.9 Å². The highest BCUT2D eigenvalue weighted by atomic mass is 16.6. The van der Waals surface area contributed by atoms with Crippen LogP contribution in [0, 0.1) is 11.8 Å². The Kier molecular flexibility index (Phi) is 8.74. The topological polar surface area (TPSA) is 95.7 Å². The molecule has 36 heavy (non-hydrogen) atoms. The second-order valence-electron chi connectivity index (χ2n) is 9.58. The molecule has 192 valence electrons. The van der Waals surface area contributed by atoms with Crippen molar-refractivity contribution in [2.75, 3.05) is 32.3 Å². The quantitative estimate of drug-likeness (QED) is 0.249. The number of H-pyrrole nitrogens is 1. The zero-order valence-corrected chi connectivity index (χ0v) is 21.2. The Morgan fingerprint density at radius 2 is 1.89 bits per heavy atom. The number of ether oxygens (including phenoxy) is 1. The van der Waals surface area contributed by atoms with Crippen molar-refractivity contribution in [3.05, 3.63) is 65.9 Å². The van der Waals surface area contributed by atoms with Crippen molar-refractivity contribution in [3.63, 3.8) is 0 Å². The zero-order chi connectivity index (χ0) is 25.5. The Morgan fingerprint density at radius 1 is 1.17 bits per heavy atom. The average molecular weight is 493 g/mol. The first kappa shape index (κ1) is 25.9. The SMILES string of the molecule is CN(C(=O)c1cc2cc(C3CCOCC3)ccc2[nH]1)c1ccccc1.CONC(NC=O)C1CC1C. The minimum Gasteiger partial charge on any atom is -0.381 e. The first-order valence-corrected chi connectivity index (χ1v) is 12.5. The molecule has 1 aliphatic heterocycles. The fourth-order valence-corrected chi connectivity index (χ4v) is 4.76. The third kappa shape index (κ3) is 6.32. The summed E-state index contributed by atoms with van der Waals surface area (Å²) >= 11 is 0. The molecule has 2 amide bonds. The number of nitrogens with zero attached hydrogens (tertiary/aromatic N) is 1. The third-order valence-electron chi connectivity index (χ3n) is 7.11. The predicted molar refractivity (Wildman–Crippen MR) is 141 cm³/mol. The van der Waals surface area contributed by atoms with Crippen molar-refractivity contribution in [2.45, 2.75) is 38.3 Å². The van der Waals surface area contributed by atoms with Gasteiger partial charge in [0, 0.05) is 36.9 Å². The Hall–Kier alpha value is -3.20. The summed E-state index contributed by atoms with van der Waals surface area (Å²) in [6, 6.07) is 18.1. The molecule has 1 aliphatic carbocycles. The van der Waals surface area contributed by atoms with Gasteiger partial charge < -0.3 is 24.8 Å². The highest BCUT2D eigenvalue weighted by molar-refractivity contribution is 6.07. The van der Waals surface area contributed by atoms with Gasteiger partial charge in [-0.25, -0.2) is 0 Å². The molecule has 3 unspecified atom stereocenters. The van der Waals surface area contributed by atoms with Gasteiger partial charge in [0.1, 0.15) is 11.9 Å². The first-order valence-electron chi connectivity index (χ1n) is 12.5. The van der Waals surface area contributed by atoms with Gasteiger partial charge in [-0.05, 0) is 72.9 Å². The molecule has 8 heteroatoms. The van der Waals surface area contributed by atoms with E-state index < -0.39 is 0 Å². The minimum atomic E-state index is -0.0324. The van der Waals surface area contributed by atoms with Gasteiger partial charge >= 0.3 is 0 Å². The summed E-state index contributed by atoms with van der Waals surface area (Å²) < 4.78 is 5.46. The minimum absolute atomic E-state index is 0.0208. The highest BCUT2D eigenvalue weighted by Gasteiger charge is 2.39. The number of para-hydroxylation sites is 1. The van der Waals surface area contributed by atoms with Crippen molar-refractivity contribution < 1.29 is 19.2 Å². The first-order chi connectivity index (χ1) is 17.5. The lowest BCUT2D eigenvalue weighted by Gasteiger charge is -2.22. The Labute approximate surface area is 212 Å². The Balaban J connectivity index is 0.000000233. The molecule has 2 fully saturated rings. The largest absolute Gasteiger partial charge is 0.381 e. The van der Waals surface area contributed by atoms with E-state index in [0.29, 0.717) is 29.9 Å². The number of nitrogens with one attached hydrogen (secondary N) is 3. The number of rotatable bonds is 8. The van der Waals surface area contributed by atoms with Crippen molar-refractivity contribution in [1.82, 2.24) is 15.8 Å². The van der Waals surface area contributed by atoms with Crippen LogP contribution in [0.5, 0.6) is 0 Å². The van der Waals surface area contributed by atoms with Gasteiger partial charge in [0.15, 0.2) is 0 Å². The molecule has 1 aromatic heterocycles. The van der Waals surface area contributed by atoms with E-state index in [-0.39, 0.29) is 12.1 Å². The van der Waals surface area contributed by atoms with Gasteiger partial charge in [0.05, 0.1) is 7.11 Å². The molecular weight excluding hydrogens is 456 g/mol. The third-order valence-corrected chi connectivity index (χ3v) is 7.11. The lowest BCUT2D eigenvalue weighted by molar-refractivity contribution is -0.111. The molecule has 2 aliphatic rings. The van der Waals surface area contributed by atoms with Crippen LogP contribution in [0.4, 0.5) is 5.69 Å². The smallest absolute Gasteiger partial charge is 0.274 e. The van der Waals surface area contributed by atoms with Gasteiger partial charge in [0.2, 0.25) is 6.41 Å². The monoisotopic (exact) mass is 492 g/mol. The molecule has 5 rings (SSSR count). The van der Waals surface area contributed by atoms with Crippen molar-refractivity contribution in [1.29, 1.82) is 0 Å². The van der Waals surface area contributed by atoms with Crippen molar-refractivity contribution in [3.8, 4) is 0 Å². The van der Waals surface area contributed by atoms with Crippen LogP contribution in [-0.4, -0.2) is 50.8 Å². The molecule has 3 N–H and O–H groups in total. The van der Waals surface area contributed by atoms with E-state index in [1.807, 2.05) is 36.4 Å². The Bertz CT molecular complexity index is 1140. The molecule has 0 bridgehead atoms. The van der Waals surface area contributed by atoms with E-state index >= 15 is 0 Å². The number of aromatic amines is 1. The van der Waals surface area contributed by atoms with Crippen LogP contribution < -0.4 is 15.7 Å². The van der Waals surface area contributed by atoms with Gasteiger partial charge in [-0.2, -0.15) is 5.48 Å².